The van der Waals surface area contributed by atoms with E-state index in [9.17, 15) is 9.59 Å². The average molecular weight is 370 g/mol. The smallest absolute Gasteiger partial charge is 0.276 e. The molecule has 27 heavy (non-hydrogen) atoms. The summed E-state index contributed by atoms with van der Waals surface area (Å²) in [6, 6.07) is 14.2. The first-order chi connectivity index (χ1) is 12.9. The van der Waals surface area contributed by atoms with Crippen molar-refractivity contribution in [2.45, 2.75) is 27.2 Å². The summed E-state index contributed by atoms with van der Waals surface area (Å²) in [5.74, 6) is 0.890. The molecule has 2 aromatic carbocycles. The molecule has 0 fully saturated rings. The van der Waals surface area contributed by atoms with Crippen LogP contribution in [0.25, 0.3) is 0 Å². The van der Waals surface area contributed by atoms with Crippen molar-refractivity contribution in [3.05, 3.63) is 59.7 Å². The summed E-state index contributed by atoms with van der Waals surface area (Å²) in [4.78, 5) is 24.0. The van der Waals surface area contributed by atoms with E-state index in [0.29, 0.717) is 29.6 Å². The number of aryl methyl sites for hydroxylation is 1. The van der Waals surface area contributed by atoms with E-state index in [-0.39, 0.29) is 6.61 Å². The Morgan fingerprint density at radius 3 is 2.41 bits per heavy atom. The van der Waals surface area contributed by atoms with Crippen molar-refractivity contribution < 1.29 is 19.1 Å². The molecule has 0 radical (unpaired) electrons. The molecule has 2 N–H and O–H groups in total. The van der Waals surface area contributed by atoms with Crippen molar-refractivity contribution in [3.63, 3.8) is 0 Å². The van der Waals surface area contributed by atoms with Gasteiger partial charge in [-0.2, -0.15) is 0 Å². The molecule has 0 heterocycles. The number of benzene rings is 2. The van der Waals surface area contributed by atoms with Gasteiger partial charge in [0, 0.05) is 5.56 Å². The van der Waals surface area contributed by atoms with Gasteiger partial charge in [-0.3, -0.25) is 20.4 Å². The highest BCUT2D eigenvalue weighted by Crippen LogP contribution is 2.14. The van der Waals surface area contributed by atoms with Crippen LogP contribution in [0.4, 0.5) is 0 Å². The van der Waals surface area contributed by atoms with Gasteiger partial charge in [-0.1, -0.05) is 37.6 Å². The van der Waals surface area contributed by atoms with Gasteiger partial charge < -0.3 is 9.47 Å². The second-order valence-corrected chi connectivity index (χ2v) is 6.66. The molecule has 0 aliphatic heterocycles. The predicted octanol–water partition coefficient (Wildman–Crippen LogP) is 3.26. The van der Waals surface area contributed by atoms with Crippen molar-refractivity contribution in [1.29, 1.82) is 0 Å². The molecule has 6 nitrogen and oxygen atoms in total. The number of amides is 2. The highest BCUT2D eigenvalue weighted by atomic mass is 16.5. The quantitative estimate of drug-likeness (QED) is 0.699. The van der Waals surface area contributed by atoms with E-state index in [2.05, 4.69) is 24.7 Å². The third-order valence-corrected chi connectivity index (χ3v) is 3.77. The molecule has 0 atom stereocenters. The highest BCUT2D eigenvalue weighted by molar-refractivity contribution is 5.95. The molecule has 0 saturated carbocycles. The highest BCUT2D eigenvalue weighted by Gasteiger charge is 2.09. The molecule has 0 unspecified atom stereocenters. The van der Waals surface area contributed by atoms with Gasteiger partial charge in [-0.25, -0.2) is 0 Å². The molecule has 0 saturated heterocycles. The van der Waals surface area contributed by atoms with Crippen LogP contribution < -0.4 is 20.3 Å². The van der Waals surface area contributed by atoms with Gasteiger partial charge in [0.25, 0.3) is 11.8 Å². The van der Waals surface area contributed by atoms with Gasteiger partial charge in [-0.15, -0.1) is 0 Å². The fourth-order valence-corrected chi connectivity index (χ4v) is 2.16. The van der Waals surface area contributed by atoms with E-state index in [1.54, 1.807) is 36.4 Å². The van der Waals surface area contributed by atoms with Crippen molar-refractivity contribution >= 4 is 11.8 Å². The summed E-state index contributed by atoms with van der Waals surface area (Å²) >= 11 is 0. The Kier molecular flexibility index (Phi) is 7.67. The zero-order valence-corrected chi connectivity index (χ0v) is 16.0. The standard InChI is InChI=1S/C21H26N2O4/c1-15(2)11-12-26-19-6-4-5-17(13-19)21(25)23-22-20(24)14-27-18-9-7-16(3)8-10-18/h4-10,13,15H,11-12,14H2,1-3H3,(H,22,24)(H,23,25). The van der Waals surface area contributed by atoms with E-state index < -0.39 is 11.8 Å². The van der Waals surface area contributed by atoms with Crippen LogP contribution in [0.2, 0.25) is 0 Å². The van der Waals surface area contributed by atoms with E-state index in [1.807, 2.05) is 19.1 Å². The molecule has 6 heteroatoms. The van der Waals surface area contributed by atoms with E-state index in [1.165, 1.54) is 0 Å². The van der Waals surface area contributed by atoms with Gasteiger partial charge in [-0.05, 0) is 49.6 Å². The summed E-state index contributed by atoms with van der Waals surface area (Å²) in [6.07, 6.45) is 0.938. The first-order valence-electron chi connectivity index (χ1n) is 8.95. The Labute approximate surface area is 159 Å². The maximum atomic E-state index is 12.2. The van der Waals surface area contributed by atoms with Crippen LogP contribution in [0.3, 0.4) is 0 Å². The van der Waals surface area contributed by atoms with Crippen molar-refractivity contribution in [1.82, 2.24) is 10.9 Å². The number of rotatable bonds is 8. The fourth-order valence-electron chi connectivity index (χ4n) is 2.16. The number of hydrogen-bond acceptors (Lipinski definition) is 4. The first kappa shape index (κ1) is 20.3. The summed E-state index contributed by atoms with van der Waals surface area (Å²) in [5, 5.41) is 0. The summed E-state index contributed by atoms with van der Waals surface area (Å²) in [7, 11) is 0. The molecular weight excluding hydrogens is 344 g/mol. The van der Waals surface area contributed by atoms with Crippen LogP contribution in [-0.2, 0) is 4.79 Å². The van der Waals surface area contributed by atoms with Crippen LogP contribution in [-0.4, -0.2) is 25.0 Å². The Balaban J connectivity index is 1.77. The third-order valence-electron chi connectivity index (χ3n) is 3.77. The molecule has 2 rings (SSSR count). The maximum Gasteiger partial charge on any atom is 0.276 e. The molecule has 0 aromatic heterocycles. The number of carbonyl (C=O) groups excluding carboxylic acids is 2. The predicted molar refractivity (Wildman–Crippen MR) is 104 cm³/mol. The zero-order valence-electron chi connectivity index (χ0n) is 16.0. The summed E-state index contributed by atoms with van der Waals surface area (Å²) < 4.78 is 11.0. The summed E-state index contributed by atoms with van der Waals surface area (Å²) in [5.41, 5.74) is 6.21. The van der Waals surface area contributed by atoms with Crippen LogP contribution in [0, 0.1) is 12.8 Å². The van der Waals surface area contributed by atoms with Crippen molar-refractivity contribution in [2.75, 3.05) is 13.2 Å². The van der Waals surface area contributed by atoms with Gasteiger partial charge in [0.15, 0.2) is 6.61 Å². The monoisotopic (exact) mass is 370 g/mol. The lowest BCUT2D eigenvalue weighted by molar-refractivity contribution is -0.123. The second-order valence-electron chi connectivity index (χ2n) is 6.66. The topological polar surface area (TPSA) is 76.7 Å². The van der Waals surface area contributed by atoms with Crippen LogP contribution in [0.1, 0.15) is 36.2 Å². The Morgan fingerprint density at radius 2 is 1.70 bits per heavy atom. The third kappa shape index (κ3) is 7.40. The minimum atomic E-state index is -0.451. The van der Waals surface area contributed by atoms with Crippen LogP contribution in [0.15, 0.2) is 48.5 Å². The number of hydrazine groups is 1. The lowest BCUT2D eigenvalue weighted by Crippen LogP contribution is -2.43. The maximum absolute atomic E-state index is 12.2. The fraction of sp³-hybridized carbons (Fsp3) is 0.333. The second kappa shape index (κ2) is 10.2. The van der Waals surface area contributed by atoms with E-state index >= 15 is 0 Å². The number of ether oxygens (including phenoxy) is 2. The van der Waals surface area contributed by atoms with Crippen LogP contribution >= 0.6 is 0 Å². The molecule has 0 aliphatic carbocycles. The molecule has 0 bridgehead atoms. The molecule has 144 valence electrons. The first-order valence-corrected chi connectivity index (χ1v) is 8.95. The molecular formula is C21H26N2O4. The molecule has 2 aromatic rings. The summed E-state index contributed by atoms with van der Waals surface area (Å²) in [6.45, 7) is 6.62. The van der Waals surface area contributed by atoms with Crippen molar-refractivity contribution in [3.8, 4) is 11.5 Å². The lowest BCUT2D eigenvalue weighted by atomic mass is 10.1. The number of hydrogen-bond donors (Lipinski definition) is 2. The zero-order chi connectivity index (χ0) is 19.6. The van der Waals surface area contributed by atoms with E-state index in [4.69, 9.17) is 9.47 Å². The SMILES string of the molecule is Cc1ccc(OCC(=O)NNC(=O)c2cccc(OCCC(C)C)c2)cc1. The minimum absolute atomic E-state index is 0.193. The molecule has 2 amide bonds. The number of carbonyl (C=O) groups is 2. The van der Waals surface area contributed by atoms with Gasteiger partial charge in [0.2, 0.25) is 0 Å². The normalized spacial score (nSPS) is 10.4. The lowest BCUT2D eigenvalue weighted by Gasteiger charge is -2.11. The van der Waals surface area contributed by atoms with E-state index in [0.717, 1.165) is 12.0 Å². The Bertz CT molecular complexity index is 757. The van der Waals surface area contributed by atoms with Crippen LogP contribution in [0.5, 0.6) is 11.5 Å². The van der Waals surface area contributed by atoms with Crippen molar-refractivity contribution in [2.24, 2.45) is 5.92 Å². The van der Waals surface area contributed by atoms with Gasteiger partial charge in [0.1, 0.15) is 11.5 Å². The Hall–Kier alpha value is -3.02. The van der Waals surface area contributed by atoms with Gasteiger partial charge >= 0.3 is 0 Å². The largest absolute Gasteiger partial charge is 0.494 e. The number of nitrogens with one attached hydrogen (secondary N) is 2. The Morgan fingerprint density at radius 1 is 0.963 bits per heavy atom. The average Bonchev–Trinajstić information content (AvgIpc) is 2.65. The van der Waals surface area contributed by atoms with Gasteiger partial charge in [0.05, 0.1) is 6.61 Å². The molecule has 0 spiro atoms. The molecule has 0 aliphatic rings. The minimum Gasteiger partial charge on any atom is -0.494 e.